The fourth-order valence-electron chi connectivity index (χ4n) is 2.44. The van der Waals surface area contributed by atoms with Crippen LogP contribution in [-0.2, 0) is 17.3 Å². The van der Waals surface area contributed by atoms with Crippen LogP contribution in [0.3, 0.4) is 0 Å². The third kappa shape index (κ3) is 2.14. The Labute approximate surface area is 120 Å². The maximum atomic E-state index is 14.0. The maximum Gasteiger partial charge on any atom is 0.352 e. The van der Waals surface area contributed by atoms with Crippen molar-refractivity contribution in [3.8, 4) is 5.75 Å². The fraction of sp³-hybridized carbons (Fsp3) is 0.188. The molecule has 0 atom stereocenters. The Hall–Kier alpha value is -2.43. The molecule has 3 rings (SSSR count). The summed E-state index contributed by atoms with van der Waals surface area (Å²) in [6.07, 6.45) is 0. The predicted octanol–water partition coefficient (Wildman–Crippen LogP) is 3.33. The molecule has 1 aliphatic rings. The highest BCUT2D eigenvalue weighted by Gasteiger charge is 2.52. The van der Waals surface area contributed by atoms with Crippen LogP contribution in [0.25, 0.3) is 0 Å². The number of carbonyl (C=O) groups excluding carboxylic acids is 1. The molecule has 1 aliphatic heterocycles. The minimum absolute atomic E-state index is 0.107. The first-order valence-corrected chi connectivity index (χ1v) is 6.46. The second-order valence-corrected chi connectivity index (χ2v) is 4.83. The zero-order chi connectivity index (χ0) is 15.0. The summed E-state index contributed by atoms with van der Waals surface area (Å²) in [5.74, 6) is -3.96. The van der Waals surface area contributed by atoms with Crippen LogP contribution in [0.4, 0.5) is 14.5 Å². The largest absolute Gasteiger partial charge is 0.497 e. The third-order valence-corrected chi connectivity index (χ3v) is 3.55. The van der Waals surface area contributed by atoms with Gasteiger partial charge < -0.3 is 9.64 Å². The number of amides is 1. The summed E-state index contributed by atoms with van der Waals surface area (Å²) in [6, 6.07) is 13.0. The van der Waals surface area contributed by atoms with Gasteiger partial charge in [-0.25, -0.2) is 0 Å². The van der Waals surface area contributed by atoms with Gasteiger partial charge in [-0.15, -0.1) is 0 Å². The lowest BCUT2D eigenvalue weighted by molar-refractivity contribution is -0.141. The van der Waals surface area contributed by atoms with Gasteiger partial charge in [-0.05, 0) is 23.8 Å². The van der Waals surface area contributed by atoms with Crippen molar-refractivity contribution in [2.75, 3.05) is 12.0 Å². The van der Waals surface area contributed by atoms with Crippen molar-refractivity contribution in [2.45, 2.75) is 12.5 Å². The van der Waals surface area contributed by atoms with Gasteiger partial charge in [-0.2, -0.15) is 8.78 Å². The molecule has 0 aliphatic carbocycles. The molecule has 0 saturated heterocycles. The molecule has 108 valence electrons. The number of ether oxygens (including phenoxy) is 1. The second kappa shape index (κ2) is 4.84. The van der Waals surface area contributed by atoms with E-state index in [-0.39, 0.29) is 17.8 Å². The molecule has 3 nitrogen and oxygen atoms in total. The number of carbonyl (C=O) groups is 1. The summed E-state index contributed by atoms with van der Waals surface area (Å²) in [5.41, 5.74) is 0.795. The summed E-state index contributed by atoms with van der Waals surface area (Å²) in [5, 5.41) is 0. The molecule has 1 heterocycles. The number of hydrogen-bond acceptors (Lipinski definition) is 2. The highest BCUT2D eigenvalue weighted by atomic mass is 19.3. The van der Waals surface area contributed by atoms with Crippen LogP contribution in [0.15, 0.2) is 48.5 Å². The quantitative estimate of drug-likeness (QED) is 0.867. The van der Waals surface area contributed by atoms with E-state index in [4.69, 9.17) is 4.74 Å². The van der Waals surface area contributed by atoms with Gasteiger partial charge in [0.1, 0.15) is 5.75 Å². The number of methoxy groups -OCH3 is 1. The SMILES string of the molecule is COc1ccc(CN2C(=O)C(F)(F)c3ccccc32)cc1. The van der Waals surface area contributed by atoms with E-state index in [1.54, 1.807) is 37.4 Å². The van der Waals surface area contributed by atoms with Crippen molar-refractivity contribution in [1.29, 1.82) is 0 Å². The Morgan fingerprint density at radius 2 is 1.76 bits per heavy atom. The lowest BCUT2D eigenvalue weighted by Crippen LogP contribution is -2.34. The van der Waals surface area contributed by atoms with E-state index in [9.17, 15) is 13.6 Å². The fourth-order valence-corrected chi connectivity index (χ4v) is 2.44. The number of hydrogen-bond donors (Lipinski definition) is 0. The maximum absolute atomic E-state index is 14.0. The molecule has 0 fully saturated rings. The molecule has 0 spiro atoms. The number of benzene rings is 2. The van der Waals surface area contributed by atoms with Gasteiger partial charge in [0.05, 0.1) is 24.9 Å². The zero-order valence-corrected chi connectivity index (χ0v) is 11.3. The molecule has 0 unspecified atom stereocenters. The van der Waals surface area contributed by atoms with Gasteiger partial charge >= 0.3 is 11.8 Å². The van der Waals surface area contributed by atoms with Crippen LogP contribution in [0.1, 0.15) is 11.1 Å². The molecule has 0 radical (unpaired) electrons. The lowest BCUT2D eigenvalue weighted by Gasteiger charge is -2.17. The molecular weight excluding hydrogens is 276 g/mol. The minimum atomic E-state index is -3.46. The van der Waals surface area contributed by atoms with Crippen LogP contribution >= 0.6 is 0 Å². The van der Waals surface area contributed by atoms with Crippen molar-refractivity contribution >= 4 is 11.6 Å². The van der Waals surface area contributed by atoms with Gasteiger partial charge in [0.2, 0.25) is 0 Å². The van der Waals surface area contributed by atoms with Crippen LogP contribution in [0.2, 0.25) is 0 Å². The second-order valence-electron chi connectivity index (χ2n) is 4.83. The van der Waals surface area contributed by atoms with Gasteiger partial charge in [0, 0.05) is 0 Å². The van der Waals surface area contributed by atoms with Gasteiger partial charge in [-0.3, -0.25) is 4.79 Å². The topological polar surface area (TPSA) is 29.5 Å². The van der Waals surface area contributed by atoms with E-state index in [1.807, 2.05) is 0 Å². The molecule has 21 heavy (non-hydrogen) atoms. The number of rotatable bonds is 3. The highest BCUT2D eigenvalue weighted by Crippen LogP contribution is 2.44. The van der Waals surface area contributed by atoms with Gasteiger partial charge in [0.15, 0.2) is 0 Å². The van der Waals surface area contributed by atoms with E-state index in [0.29, 0.717) is 5.75 Å². The molecular formula is C16H13F2NO2. The monoisotopic (exact) mass is 289 g/mol. The van der Waals surface area contributed by atoms with E-state index in [1.165, 1.54) is 18.2 Å². The van der Waals surface area contributed by atoms with Crippen LogP contribution in [0.5, 0.6) is 5.75 Å². The van der Waals surface area contributed by atoms with E-state index in [0.717, 1.165) is 10.5 Å². The first-order valence-electron chi connectivity index (χ1n) is 6.46. The highest BCUT2D eigenvalue weighted by molar-refractivity contribution is 6.05. The van der Waals surface area contributed by atoms with Crippen molar-refractivity contribution in [1.82, 2.24) is 0 Å². The molecule has 2 aromatic carbocycles. The first kappa shape index (κ1) is 13.5. The average molecular weight is 289 g/mol. The smallest absolute Gasteiger partial charge is 0.352 e. The van der Waals surface area contributed by atoms with Gasteiger partial charge in [0.25, 0.3) is 0 Å². The number of alkyl halides is 2. The van der Waals surface area contributed by atoms with E-state index < -0.39 is 11.8 Å². The zero-order valence-electron chi connectivity index (χ0n) is 11.3. The first-order chi connectivity index (χ1) is 10.0. The van der Waals surface area contributed by atoms with Crippen molar-refractivity contribution < 1.29 is 18.3 Å². The Bertz CT molecular complexity index is 683. The average Bonchev–Trinajstić information content (AvgIpc) is 2.70. The summed E-state index contributed by atoms with van der Waals surface area (Å²) in [6.45, 7) is 0.107. The van der Waals surface area contributed by atoms with E-state index >= 15 is 0 Å². The summed E-state index contributed by atoms with van der Waals surface area (Å²) < 4.78 is 33.0. The standard InChI is InChI=1S/C16H13F2NO2/c1-21-12-8-6-11(7-9-12)10-19-14-5-3-2-4-13(14)16(17,18)15(19)20/h2-9H,10H2,1H3. The van der Waals surface area contributed by atoms with Gasteiger partial charge in [-0.1, -0.05) is 30.3 Å². The predicted molar refractivity (Wildman–Crippen MR) is 74.5 cm³/mol. The van der Waals surface area contributed by atoms with E-state index in [2.05, 4.69) is 0 Å². The molecule has 0 bridgehead atoms. The van der Waals surface area contributed by atoms with Crippen LogP contribution in [-0.4, -0.2) is 13.0 Å². The molecule has 5 heteroatoms. The number of para-hydroxylation sites is 1. The lowest BCUT2D eigenvalue weighted by atomic mass is 10.1. The minimum Gasteiger partial charge on any atom is -0.497 e. The number of anilines is 1. The summed E-state index contributed by atoms with van der Waals surface area (Å²) >= 11 is 0. The Balaban J connectivity index is 1.93. The van der Waals surface area contributed by atoms with Crippen molar-refractivity contribution in [2.24, 2.45) is 0 Å². The number of halogens is 2. The Kier molecular flexibility index (Phi) is 3.12. The number of fused-ring (bicyclic) bond motifs is 1. The Morgan fingerprint density at radius 3 is 2.43 bits per heavy atom. The molecule has 2 aromatic rings. The summed E-state index contributed by atoms with van der Waals surface area (Å²) in [4.78, 5) is 13.1. The van der Waals surface area contributed by atoms with Crippen LogP contribution < -0.4 is 9.64 Å². The molecule has 0 aromatic heterocycles. The van der Waals surface area contributed by atoms with Crippen LogP contribution in [0, 0.1) is 0 Å². The molecule has 0 saturated carbocycles. The summed E-state index contributed by atoms with van der Waals surface area (Å²) in [7, 11) is 1.55. The van der Waals surface area contributed by atoms with Crippen molar-refractivity contribution in [3.63, 3.8) is 0 Å². The normalized spacial score (nSPS) is 16.0. The number of nitrogens with zero attached hydrogens (tertiary/aromatic N) is 1. The third-order valence-electron chi connectivity index (χ3n) is 3.55. The Morgan fingerprint density at radius 1 is 1.10 bits per heavy atom. The van der Waals surface area contributed by atoms with Crippen molar-refractivity contribution in [3.05, 3.63) is 59.7 Å². The molecule has 0 N–H and O–H groups in total. The molecule has 1 amide bonds.